The molecule has 1 aliphatic rings. The zero-order valence-electron chi connectivity index (χ0n) is 10.3. The molecule has 6 heteroatoms. The Morgan fingerprint density at radius 2 is 2.11 bits per heavy atom. The lowest BCUT2D eigenvalue weighted by Crippen LogP contribution is -2.31. The third kappa shape index (κ3) is 2.75. The molecule has 1 aliphatic carbocycles. The number of hydrogen-bond donors (Lipinski definition) is 2. The summed E-state index contributed by atoms with van der Waals surface area (Å²) in [5.74, 6) is -0.680. The fourth-order valence-electron chi connectivity index (χ4n) is 2.34. The second-order valence-electron chi connectivity index (χ2n) is 4.51. The Labute approximate surface area is 110 Å². The molecular formula is C12H17N3O2S. The van der Waals surface area contributed by atoms with Crippen molar-refractivity contribution >= 4 is 23.5 Å². The summed E-state index contributed by atoms with van der Waals surface area (Å²) >= 11 is 1.86. The molecule has 98 valence electrons. The van der Waals surface area contributed by atoms with Crippen molar-refractivity contribution < 1.29 is 9.90 Å². The summed E-state index contributed by atoms with van der Waals surface area (Å²) in [6.07, 6.45) is 9.85. The van der Waals surface area contributed by atoms with Gasteiger partial charge in [-0.05, 0) is 19.1 Å². The molecule has 18 heavy (non-hydrogen) atoms. The number of rotatable bonds is 5. The molecule has 1 fully saturated rings. The first-order chi connectivity index (χ1) is 8.67. The molecule has 1 aromatic rings. The van der Waals surface area contributed by atoms with Crippen molar-refractivity contribution in [3.05, 3.63) is 18.1 Å². The van der Waals surface area contributed by atoms with E-state index in [0.29, 0.717) is 5.82 Å². The number of nitrogens with one attached hydrogen (secondary N) is 1. The van der Waals surface area contributed by atoms with Crippen LogP contribution < -0.4 is 5.32 Å². The summed E-state index contributed by atoms with van der Waals surface area (Å²) in [6, 6.07) is 0. The highest BCUT2D eigenvalue weighted by molar-refractivity contribution is 8.00. The molecule has 5 nitrogen and oxygen atoms in total. The molecule has 0 saturated heterocycles. The summed E-state index contributed by atoms with van der Waals surface area (Å²) < 4.78 is 0.216. The van der Waals surface area contributed by atoms with Crippen LogP contribution in [0.25, 0.3) is 0 Å². The fraction of sp³-hybridized carbons (Fsp3) is 0.583. The van der Waals surface area contributed by atoms with Crippen LogP contribution in [0.15, 0.2) is 12.4 Å². The lowest BCUT2D eigenvalue weighted by Gasteiger charge is -2.27. The Kier molecular flexibility index (Phi) is 4.06. The molecule has 0 amide bonds. The Hall–Kier alpha value is -1.30. The number of anilines is 1. The quantitative estimate of drug-likeness (QED) is 0.852. The highest BCUT2D eigenvalue weighted by Crippen LogP contribution is 2.40. The Morgan fingerprint density at radius 1 is 1.44 bits per heavy atom. The highest BCUT2D eigenvalue weighted by atomic mass is 32.2. The van der Waals surface area contributed by atoms with Crippen LogP contribution in [-0.2, 0) is 0 Å². The van der Waals surface area contributed by atoms with E-state index in [4.69, 9.17) is 5.11 Å². The smallest absolute Gasteiger partial charge is 0.358 e. The molecule has 0 spiro atoms. The van der Waals surface area contributed by atoms with E-state index in [-0.39, 0.29) is 10.4 Å². The van der Waals surface area contributed by atoms with Gasteiger partial charge in [0.25, 0.3) is 0 Å². The molecule has 1 aromatic heterocycles. The molecular weight excluding hydrogens is 250 g/mol. The van der Waals surface area contributed by atoms with Gasteiger partial charge in [0.15, 0.2) is 11.5 Å². The van der Waals surface area contributed by atoms with Crippen molar-refractivity contribution in [2.45, 2.75) is 30.4 Å². The minimum Gasteiger partial charge on any atom is -0.476 e. The number of carboxylic acid groups (broad SMARTS) is 1. The number of carbonyl (C=O) groups is 1. The average molecular weight is 267 g/mol. The monoisotopic (exact) mass is 267 g/mol. The van der Waals surface area contributed by atoms with Gasteiger partial charge in [-0.2, -0.15) is 11.8 Å². The van der Waals surface area contributed by atoms with Gasteiger partial charge in [0.1, 0.15) is 0 Å². The van der Waals surface area contributed by atoms with Crippen LogP contribution in [0.3, 0.4) is 0 Å². The van der Waals surface area contributed by atoms with E-state index in [0.717, 1.165) is 6.54 Å². The standard InChI is InChI=1S/C12H17N3O2S/c1-18-12(4-2-3-5-12)8-15-10-9(11(16)17)13-6-7-14-10/h6-7H,2-5,8H2,1H3,(H,14,15)(H,16,17). The van der Waals surface area contributed by atoms with Crippen LogP contribution >= 0.6 is 11.8 Å². The molecule has 1 saturated carbocycles. The zero-order chi connectivity index (χ0) is 13.0. The van der Waals surface area contributed by atoms with Gasteiger partial charge >= 0.3 is 5.97 Å². The third-order valence-electron chi connectivity index (χ3n) is 3.43. The Morgan fingerprint density at radius 3 is 2.72 bits per heavy atom. The maximum absolute atomic E-state index is 11.0. The second kappa shape index (κ2) is 5.56. The first-order valence-corrected chi connectivity index (χ1v) is 7.23. The summed E-state index contributed by atoms with van der Waals surface area (Å²) in [5.41, 5.74) is -0.00764. The molecule has 0 atom stereocenters. The predicted molar refractivity (Wildman–Crippen MR) is 72.2 cm³/mol. The summed E-state index contributed by atoms with van der Waals surface area (Å²) in [4.78, 5) is 18.9. The maximum atomic E-state index is 11.0. The van der Waals surface area contributed by atoms with E-state index in [2.05, 4.69) is 21.5 Å². The SMILES string of the molecule is CSC1(CNc2nccnc2C(=O)O)CCCC1. The van der Waals surface area contributed by atoms with E-state index < -0.39 is 5.97 Å². The van der Waals surface area contributed by atoms with Crippen LogP contribution in [0.4, 0.5) is 5.82 Å². The number of nitrogens with zero attached hydrogens (tertiary/aromatic N) is 2. The third-order valence-corrected chi connectivity index (χ3v) is 4.85. The topological polar surface area (TPSA) is 75.1 Å². The largest absolute Gasteiger partial charge is 0.476 e. The average Bonchev–Trinajstić information content (AvgIpc) is 2.86. The van der Waals surface area contributed by atoms with Crippen molar-refractivity contribution in [1.29, 1.82) is 0 Å². The van der Waals surface area contributed by atoms with Crippen LogP contribution in [0.5, 0.6) is 0 Å². The molecule has 1 heterocycles. The van der Waals surface area contributed by atoms with E-state index >= 15 is 0 Å². The summed E-state index contributed by atoms with van der Waals surface area (Å²) in [7, 11) is 0. The lowest BCUT2D eigenvalue weighted by molar-refractivity contribution is 0.0691. The minimum absolute atomic E-state index is 0.00764. The maximum Gasteiger partial charge on any atom is 0.358 e. The van der Waals surface area contributed by atoms with Gasteiger partial charge in [-0.25, -0.2) is 14.8 Å². The number of thioether (sulfide) groups is 1. The van der Waals surface area contributed by atoms with Gasteiger partial charge in [-0.1, -0.05) is 12.8 Å². The van der Waals surface area contributed by atoms with E-state index in [9.17, 15) is 4.79 Å². The second-order valence-corrected chi connectivity index (χ2v) is 5.78. The van der Waals surface area contributed by atoms with Gasteiger partial charge in [-0.15, -0.1) is 0 Å². The molecule has 2 rings (SSSR count). The molecule has 0 radical (unpaired) electrons. The zero-order valence-corrected chi connectivity index (χ0v) is 11.2. The van der Waals surface area contributed by atoms with Gasteiger partial charge in [-0.3, -0.25) is 0 Å². The number of aromatic nitrogens is 2. The molecule has 0 aromatic carbocycles. The molecule has 0 bridgehead atoms. The minimum atomic E-state index is -1.05. The van der Waals surface area contributed by atoms with Gasteiger partial charge in [0, 0.05) is 23.7 Å². The van der Waals surface area contributed by atoms with E-state index in [1.807, 2.05) is 11.8 Å². The van der Waals surface area contributed by atoms with Crippen LogP contribution in [0.1, 0.15) is 36.2 Å². The molecule has 2 N–H and O–H groups in total. The summed E-state index contributed by atoms with van der Waals surface area (Å²) in [5, 5.41) is 12.2. The molecule has 0 aliphatic heterocycles. The fourth-order valence-corrected chi connectivity index (χ4v) is 3.25. The van der Waals surface area contributed by atoms with E-state index in [1.165, 1.54) is 38.1 Å². The van der Waals surface area contributed by atoms with Crippen molar-refractivity contribution in [3.8, 4) is 0 Å². The van der Waals surface area contributed by atoms with Gasteiger partial charge in [0.05, 0.1) is 0 Å². The molecule has 0 unspecified atom stereocenters. The van der Waals surface area contributed by atoms with Gasteiger partial charge in [0.2, 0.25) is 0 Å². The number of carboxylic acids is 1. The predicted octanol–water partition coefficient (Wildman–Crippen LogP) is 2.26. The number of hydrogen-bond acceptors (Lipinski definition) is 5. The van der Waals surface area contributed by atoms with Crippen molar-refractivity contribution in [2.24, 2.45) is 0 Å². The first-order valence-electron chi connectivity index (χ1n) is 6.00. The normalized spacial score (nSPS) is 17.6. The summed E-state index contributed by atoms with van der Waals surface area (Å²) in [6.45, 7) is 0.743. The van der Waals surface area contributed by atoms with Crippen LogP contribution in [-0.4, -0.2) is 38.6 Å². The lowest BCUT2D eigenvalue weighted by atomic mass is 10.1. The number of aromatic carboxylic acids is 1. The Bertz CT molecular complexity index is 433. The highest BCUT2D eigenvalue weighted by Gasteiger charge is 2.33. The van der Waals surface area contributed by atoms with Gasteiger partial charge < -0.3 is 10.4 Å². The van der Waals surface area contributed by atoms with Crippen molar-refractivity contribution in [2.75, 3.05) is 18.1 Å². The first kappa shape index (κ1) is 13.1. The van der Waals surface area contributed by atoms with Crippen LogP contribution in [0, 0.1) is 0 Å². The van der Waals surface area contributed by atoms with Crippen LogP contribution in [0.2, 0.25) is 0 Å². The van der Waals surface area contributed by atoms with Crippen molar-refractivity contribution in [3.63, 3.8) is 0 Å². The van der Waals surface area contributed by atoms with E-state index in [1.54, 1.807) is 0 Å². The Balaban J connectivity index is 2.08. The van der Waals surface area contributed by atoms with Crippen molar-refractivity contribution in [1.82, 2.24) is 9.97 Å².